The molecule has 32 heavy (non-hydrogen) atoms. The fourth-order valence-electron chi connectivity index (χ4n) is 4.66. The van der Waals surface area contributed by atoms with Gasteiger partial charge in [-0.1, -0.05) is 6.42 Å². The number of piperidine rings is 1. The molecule has 9 heteroatoms. The number of nitrogens with zero attached hydrogens (tertiary/aromatic N) is 4. The van der Waals surface area contributed by atoms with Crippen molar-refractivity contribution < 1.29 is 9.53 Å². The first kappa shape index (κ1) is 27.6. The third-order valence-electron chi connectivity index (χ3n) is 6.92. The van der Waals surface area contributed by atoms with Crippen molar-refractivity contribution in [1.29, 1.82) is 0 Å². The number of hydrogen-bond acceptors (Lipinski definition) is 5. The Morgan fingerprint density at radius 2 is 1.69 bits per heavy atom. The Hall–Kier alpha value is -0.650. The summed E-state index contributed by atoms with van der Waals surface area (Å²) in [5, 5.41) is 7.05. The lowest BCUT2D eigenvalue weighted by Crippen LogP contribution is -2.51. The minimum absolute atomic E-state index is 0. The van der Waals surface area contributed by atoms with E-state index in [0.717, 1.165) is 110 Å². The van der Waals surface area contributed by atoms with Gasteiger partial charge in [-0.15, -0.1) is 24.0 Å². The van der Waals surface area contributed by atoms with E-state index in [9.17, 15) is 4.79 Å². The molecule has 0 bridgehead atoms. The first-order valence-electron chi connectivity index (χ1n) is 12.5. The highest BCUT2D eigenvalue weighted by Gasteiger charge is 2.31. The number of carbonyl (C=O) groups excluding carboxylic acids is 1. The van der Waals surface area contributed by atoms with Crippen LogP contribution < -0.4 is 10.6 Å². The Balaban J connectivity index is 0.00000363. The van der Waals surface area contributed by atoms with Gasteiger partial charge in [0.2, 0.25) is 5.91 Å². The monoisotopic (exact) mass is 564 g/mol. The average molecular weight is 565 g/mol. The van der Waals surface area contributed by atoms with Crippen LogP contribution in [0.25, 0.3) is 0 Å². The zero-order valence-corrected chi connectivity index (χ0v) is 22.5. The first-order chi connectivity index (χ1) is 15.2. The summed E-state index contributed by atoms with van der Waals surface area (Å²) >= 11 is 0. The molecule has 0 spiro atoms. The minimum Gasteiger partial charge on any atom is -0.385 e. The third-order valence-corrected chi connectivity index (χ3v) is 6.92. The second-order valence-corrected chi connectivity index (χ2v) is 9.16. The molecule has 0 radical (unpaired) electrons. The van der Waals surface area contributed by atoms with E-state index < -0.39 is 0 Å². The number of hydrogen-bond donors (Lipinski definition) is 2. The molecule has 3 fully saturated rings. The van der Waals surface area contributed by atoms with Gasteiger partial charge in [-0.2, -0.15) is 0 Å². The van der Waals surface area contributed by atoms with Crippen LogP contribution in [0.1, 0.15) is 45.4 Å². The molecule has 0 unspecified atom stereocenters. The molecule has 8 nitrogen and oxygen atoms in total. The lowest BCUT2D eigenvalue weighted by molar-refractivity contribution is -0.139. The molecule has 1 amide bonds. The Morgan fingerprint density at radius 3 is 2.28 bits per heavy atom. The van der Waals surface area contributed by atoms with E-state index in [4.69, 9.17) is 9.73 Å². The van der Waals surface area contributed by atoms with Crippen molar-refractivity contribution in [3.63, 3.8) is 0 Å². The van der Waals surface area contributed by atoms with Crippen LogP contribution in [0.3, 0.4) is 0 Å². The largest absolute Gasteiger partial charge is 0.385 e. The number of nitrogens with one attached hydrogen (secondary N) is 2. The Morgan fingerprint density at radius 1 is 1.00 bits per heavy atom. The third kappa shape index (κ3) is 8.95. The van der Waals surface area contributed by atoms with Crippen molar-refractivity contribution in [2.75, 3.05) is 79.2 Å². The number of carbonyl (C=O) groups is 1. The number of amides is 1. The lowest BCUT2D eigenvalue weighted by atomic mass is 9.84. The second-order valence-electron chi connectivity index (χ2n) is 9.16. The van der Waals surface area contributed by atoms with Crippen LogP contribution >= 0.6 is 24.0 Å². The lowest BCUT2D eigenvalue weighted by Gasteiger charge is -2.38. The molecule has 2 aliphatic heterocycles. The van der Waals surface area contributed by atoms with Crippen LogP contribution in [-0.4, -0.2) is 112 Å². The molecule has 0 aromatic carbocycles. The van der Waals surface area contributed by atoms with Gasteiger partial charge in [0.15, 0.2) is 5.96 Å². The van der Waals surface area contributed by atoms with Gasteiger partial charge >= 0.3 is 0 Å². The Bertz CT molecular complexity index is 559. The summed E-state index contributed by atoms with van der Waals surface area (Å²) in [4.78, 5) is 24.3. The van der Waals surface area contributed by atoms with E-state index in [1.165, 1.54) is 6.42 Å². The summed E-state index contributed by atoms with van der Waals surface area (Å²) in [7, 11) is 1.77. The topological polar surface area (TPSA) is 72.4 Å². The molecule has 3 aliphatic rings. The molecule has 1 aliphatic carbocycles. The van der Waals surface area contributed by atoms with Crippen LogP contribution in [0.5, 0.6) is 0 Å². The molecular formula is C23H45IN6O2. The maximum atomic E-state index is 12.4. The van der Waals surface area contributed by atoms with E-state index in [-0.39, 0.29) is 24.0 Å². The van der Waals surface area contributed by atoms with E-state index in [0.29, 0.717) is 17.9 Å². The molecule has 0 aromatic rings. The number of rotatable bonds is 10. The van der Waals surface area contributed by atoms with Crippen LogP contribution in [-0.2, 0) is 9.53 Å². The van der Waals surface area contributed by atoms with Crippen LogP contribution in [0.4, 0.5) is 0 Å². The number of methoxy groups -OCH3 is 1. The number of ether oxygens (including phenoxy) is 1. The fraction of sp³-hybridized carbons (Fsp3) is 0.913. The molecular weight excluding hydrogens is 519 g/mol. The molecule has 0 atom stereocenters. The summed E-state index contributed by atoms with van der Waals surface area (Å²) in [6.45, 7) is 12.7. The minimum atomic E-state index is 0. The van der Waals surface area contributed by atoms with Crippen molar-refractivity contribution in [2.45, 2.75) is 51.5 Å². The summed E-state index contributed by atoms with van der Waals surface area (Å²) in [6.07, 6.45) is 6.86. The van der Waals surface area contributed by atoms with Crippen LogP contribution in [0.2, 0.25) is 0 Å². The standard InChI is InChI=1S/C23H44N6O2.HI/c1-3-24-23(26-21-8-12-27(13-9-21)11-5-19-31-2)25-10-14-28-15-17-29(18-16-28)22(30)20-6-4-7-20;/h20-21H,3-19H2,1-2H3,(H2,24,25,26);1H. The fourth-order valence-corrected chi connectivity index (χ4v) is 4.66. The predicted octanol–water partition coefficient (Wildman–Crippen LogP) is 1.60. The van der Waals surface area contributed by atoms with E-state index >= 15 is 0 Å². The van der Waals surface area contributed by atoms with Gasteiger partial charge < -0.3 is 25.2 Å². The highest BCUT2D eigenvalue weighted by Crippen LogP contribution is 2.28. The molecule has 2 N–H and O–H groups in total. The van der Waals surface area contributed by atoms with Crippen molar-refractivity contribution in [3.8, 4) is 0 Å². The smallest absolute Gasteiger partial charge is 0.225 e. The summed E-state index contributed by atoms with van der Waals surface area (Å²) < 4.78 is 5.16. The van der Waals surface area contributed by atoms with Crippen LogP contribution in [0.15, 0.2) is 4.99 Å². The zero-order valence-electron chi connectivity index (χ0n) is 20.2. The number of aliphatic imine (C=N–C) groups is 1. The molecule has 3 rings (SSSR count). The Labute approximate surface area is 211 Å². The molecule has 1 saturated carbocycles. The summed E-state index contributed by atoms with van der Waals surface area (Å²) in [6, 6.07) is 0.498. The van der Waals surface area contributed by atoms with Gasteiger partial charge in [0, 0.05) is 84.6 Å². The summed E-state index contributed by atoms with van der Waals surface area (Å²) in [5.41, 5.74) is 0. The maximum absolute atomic E-state index is 12.4. The van der Waals surface area contributed by atoms with Crippen molar-refractivity contribution >= 4 is 35.8 Å². The van der Waals surface area contributed by atoms with Crippen molar-refractivity contribution in [2.24, 2.45) is 10.9 Å². The van der Waals surface area contributed by atoms with E-state index in [2.05, 4.69) is 32.3 Å². The predicted molar refractivity (Wildman–Crippen MR) is 141 cm³/mol. The van der Waals surface area contributed by atoms with Gasteiger partial charge in [0.05, 0.1) is 6.54 Å². The normalized spacial score (nSPS) is 21.7. The molecule has 186 valence electrons. The average Bonchev–Trinajstić information content (AvgIpc) is 2.74. The second kappa shape index (κ2) is 15.3. The van der Waals surface area contributed by atoms with Gasteiger partial charge in [-0.05, 0) is 39.0 Å². The quantitative estimate of drug-likeness (QED) is 0.182. The van der Waals surface area contributed by atoms with Crippen molar-refractivity contribution in [3.05, 3.63) is 0 Å². The number of halogens is 1. The van der Waals surface area contributed by atoms with E-state index in [1.807, 2.05) is 0 Å². The number of piperazine rings is 1. The van der Waals surface area contributed by atoms with Gasteiger partial charge in [-0.3, -0.25) is 14.7 Å². The molecule has 2 saturated heterocycles. The first-order valence-corrected chi connectivity index (χ1v) is 12.5. The van der Waals surface area contributed by atoms with Gasteiger partial charge in [-0.25, -0.2) is 0 Å². The van der Waals surface area contributed by atoms with Gasteiger partial charge in [0.1, 0.15) is 0 Å². The van der Waals surface area contributed by atoms with Crippen molar-refractivity contribution in [1.82, 2.24) is 25.3 Å². The SMILES string of the molecule is CCNC(=NCCN1CCN(C(=O)C2CCC2)CC1)NC1CCN(CCCOC)CC1.I. The van der Waals surface area contributed by atoms with Gasteiger partial charge in [0.25, 0.3) is 0 Å². The highest BCUT2D eigenvalue weighted by atomic mass is 127. The molecule has 0 aromatic heterocycles. The van der Waals surface area contributed by atoms with Crippen LogP contribution in [0, 0.1) is 5.92 Å². The Kier molecular flexibility index (Phi) is 13.2. The highest BCUT2D eigenvalue weighted by molar-refractivity contribution is 14.0. The van der Waals surface area contributed by atoms with E-state index in [1.54, 1.807) is 7.11 Å². The number of likely N-dealkylation sites (tertiary alicyclic amines) is 1. The molecule has 2 heterocycles. The maximum Gasteiger partial charge on any atom is 0.225 e. The number of guanidine groups is 1. The summed E-state index contributed by atoms with van der Waals surface area (Å²) in [5.74, 6) is 1.66. The zero-order chi connectivity index (χ0) is 21.9.